The van der Waals surface area contributed by atoms with E-state index in [0.717, 1.165) is 0 Å². The van der Waals surface area contributed by atoms with Gasteiger partial charge in [-0.15, -0.1) is 0 Å². The summed E-state index contributed by atoms with van der Waals surface area (Å²) in [4.78, 5) is 12.5. The number of nitrogens with one attached hydrogen (secondary N) is 1. The van der Waals surface area contributed by atoms with Crippen molar-refractivity contribution in [2.45, 2.75) is 13.3 Å². The van der Waals surface area contributed by atoms with Gasteiger partial charge in [0.15, 0.2) is 0 Å². The first-order chi connectivity index (χ1) is 4.77. The van der Waals surface area contributed by atoms with E-state index < -0.39 is 0 Å². The number of rotatable bonds is 1. The van der Waals surface area contributed by atoms with Gasteiger partial charge in [0, 0.05) is 18.8 Å². The van der Waals surface area contributed by atoms with E-state index in [1.807, 2.05) is 24.5 Å². The highest BCUT2D eigenvalue weighted by Crippen LogP contribution is 1.72. The lowest BCUT2D eigenvalue weighted by molar-refractivity contribution is -0.117. The predicted molar refractivity (Wildman–Crippen MR) is 40.3 cm³/mol. The van der Waals surface area contributed by atoms with E-state index in [1.54, 1.807) is 6.92 Å². The van der Waals surface area contributed by atoms with Gasteiger partial charge in [0.05, 0.1) is 0 Å². The van der Waals surface area contributed by atoms with E-state index in [1.165, 1.54) is 0 Å². The fraction of sp³-hybridized carbons (Fsp3) is 0.286. The number of H-pyrrole nitrogens is 1. The van der Waals surface area contributed by atoms with Crippen LogP contribution in [-0.2, 0) is 4.79 Å². The van der Waals surface area contributed by atoms with Crippen molar-refractivity contribution in [3.8, 4) is 0 Å². The fourth-order valence-corrected chi connectivity index (χ4v) is 0.278. The van der Waals surface area contributed by atoms with E-state index in [4.69, 9.17) is 0 Å². The van der Waals surface area contributed by atoms with Crippen LogP contribution in [0, 0.1) is 0 Å². The molecule has 1 amide bonds. The molecule has 0 aliphatic carbocycles. The number of aromatic amines is 1. The van der Waals surface area contributed by atoms with Crippen molar-refractivity contribution < 1.29 is 4.79 Å². The Bertz CT molecular complexity index is 141. The van der Waals surface area contributed by atoms with Crippen LogP contribution in [0.1, 0.15) is 13.3 Å². The average molecular weight is 140 g/mol. The van der Waals surface area contributed by atoms with Gasteiger partial charge in [0.2, 0.25) is 5.91 Å². The molecule has 0 aliphatic heterocycles. The zero-order valence-corrected chi connectivity index (χ0v) is 6.00. The second kappa shape index (κ2) is 5.88. The van der Waals surface area contributed by atoms with Gasteiger partial charge in [-0.2, -0.15) is 0 Å². The second-order valence-electron chi connectivity index (χ2n) is 1.70. The Kier molecular flexibility index (Phi) is 5.14. The number of amides is 1. The molecule has 3 heteroatoms. The number of hydrogen-bond acceptors (Lipinski definition) is 1. The molecule has 0 fully saturated rings. The molecule has 1 aromatic rings. The summed E-state index contributed by atoms with van der Waals surface area (Å²) in [7, 11) is 0. The molecular formula is C7H12N2O. The molecule has 10 heavy (non-hydrogen) atoms. The Labute approximate surface area is 60.2 Å². The standard InChI is InChI=1S/C4H5N.C3H7NO/c1-2-4-5-3-1;1-2-3(4)5/h1-5H;2H2,1H3,(H2,4,5). The molecular weight excluding hydrogens is 128 g/mol. The molecule has 0 spiro atoms. The third-order valence-electron chi connectivity index (χ3n) is 0.844. The van der Waals surface area contributed by atoms with Crippen LogP contribution in [0.5, 0.6) is 0 Å². The number of nitrogens with two attached hydrogens (primary N) is 1. The molecule has 0 saturated carbocycles. The predicted octanol–water partition coefficient (Wildman–Crippen LogP) is 0.896. The summed E-state index contributed by atoms with van der Waals surface area (Å²) in [5.41, 5.74) is 4.65. The maximum atomic E-state index is 9.59. The van der Waals surface area contributed by atoms with Crippen LogP contribution in [-0.4, -0.2) is 10.9 Å². The largest absolute Gasteiger partial charge is 0.370 e. The quantitative estimate of drug-likeness (QED) is 0.598. The third kappa shape index (κ3) is 6.75. The van der Waals surface area contributed by atoms with Crippen LogP contribution in [0.4, 0.5) is 0 Å². The molecule has 3 nitrogen and oxygen atoms in total. The topological polar surface area (TPSA) is 58.9 Å². The van der Waals surface area contributed by atoms with Gasteiger partial charge in [0.25, 0.3) is 0 Å². The Hall–Kier alpha value is -1.25. The molecule has 0 aromatic carbocycles. The van der Waals surface area contributed by atoms with Crippen LogP contribution in [0.2, 0.25) is 0 Å². The third-order valence-corrected chi connectivity index (χ3v) is 0.844. The Morgan fingerprint density at radius 3 is 2.00 bits per heavy atom. The van der Waals surface area contributed by atoms with Gasteiger partial charge in [0.1, 0.15) is 0 Å². The fourth-order valence-electron chi connectivity index (χ4n) is 0.278. The first kappa shape index (κ1) is 8.75. The molecule has 0 unspecified atom stereocenters. The van der Waals surface area contributed by atoms with Gasteiger partial charge in [-0.3, -0.25) is 4.79 Å². The Morgan fingerprint density at radius 1 is 1.50 bits per heavy atom. The molecule has 3 N–H and O–H groups in total. The number of carbonyl (C=O) groups excluding carboxylic acids is 1. The van der Waals surface area contributed by atoms with Gasteiger partial charge in [-0.1, -0.05) is 6.92 Å². The van der Waals surface area contributed by atoms with Gasteiger partial charge in [-0.25, -0.2) is 0 Å². The summed E-state index contributed by atoms with van der Waals surface area (Å²) in [6.45, 7) is 1.72. The van der Waals surface area contributed by atoms with E-state index in [0.29, 0.717) is 6.42 Å². The summed E-state index contributed by atoms with van der Waals surface area (Å²) in [5, 5.41) is 0. The first-order valence-corrected chi connectivity index (χ1v) is 3.13. The molecule has 56 valence electrons. The molecule has 0 saturated heterocycles. The van der Waals surface area contributed by atoms with Crippen molar-refractivity contribution in [2.75, 3.05) is 0 Å². The summed E-state index contributed by atoms with van der Waals surface area (Å²) in [6.07, 6.45) is 4.19. The minimum Gasteiger partial charge on any atom is -0.370 e. The molecule has 0 atom stereocenters. The van der Waals surface area contributed by atoms with Crippen molar-refractivity contribution >= 4 is 5.91 Å². The molecule has 0 bridgehead atoms. The van der Waals surface area contributed by atoms with Gasteiger partial charge < -0.3 is 10.7 Å². The lowest BCUT2D eigenvalue weighted by atomic mass is 10.5. The lowest BCUT2D eigenvalue weighted by Gasteiger charge is -1.73. The highest BCUT2D eigenvalue weighted by Gasteiger charge is 1.77. The minimum absolute atomic E-state index is 0.245. The van der Waals surface area contributed by atoms with Crippen LogP contribution in [0.3, 0.4) is 0 Å². The minimum atomic E-state index is -0.245. The van der Waals surface area contributed by atoms with E-state index in [-0.39, 0.29) is 5.91 Å². The normalized spacial score (nSPS) is 7.70. The average Bonchev–Trinajstić information content (AvgIpc) is 2.43. The molecule has 0 aliphatic rings. The maximum absolute atomic E-state index is 9.59. The van der Waals surface area contributed by atoms with Crippen molar-refractivity contribution in [3.05, 3.63) is 24.5 Å². The highest BCUT2D eigenvalue weighted by atomic mass is 16.1. The van der Waals surface area contributed by atoms with E-state index >= 15 is 0 Å². The number of primary amides is 1. The van der Waals surface area contributed by atoms with Gasteiger partial charge in [-0.05, 0) is 12.1 Å². The number of hydrogen-bond donors (Lipinski definition) is 2. The maximum Gasteiger partial charge on any atom is 0.217 e. The van der Waals surface area contributed by atoms with Crippen LogP contribution in [0.25, 0.3) is 0 Å². The lowest BCUT2D eigenvalue weighted by Crippen LogP contribution is -2.06. The Balaban J connectivity index is 0.000000162. The zero-order valence-electron chi connectivity index (χ0n) is 6.00. The van der Waals surface area contributed by atoms with Crippen molar-refractivity contribution in [3.63, 3.8) is 0 Å². The van der Waals surface area contributed by atoms with Crippen molar-refractivity contribution in [1.82, 2.24) is 4.98 Å². The summed E-state index contributed by atoms with van der Waals surface area (Å²) >= 11 is 0. The second-order valence-corrected chi connectivity index (χ2v) is 1.70. The van der Waals surface area contributed by atoms with Crippen LogP contribution < -0.4 is 5.73 Å². The molecule has 0 radical (unpaired) electrons. The SMILES string of the molecule is CCC(N)=O.c1cc[nH]c1. The monoisotopic (exact) mass is 140 g/mol. The summed E-state index contributed by atoms with van der Waals surface area (Å²) in [6, 6.07) is 3.89. The van der Waals surface area contributed by atoms with Crippen LogP contribution in [0.15, 0.2) is 24.5 Å². The molecule has 1 rings (SSSR count). The smallest absolute Gasteiger partial charge is 0.217 e. The molecule has 1 heterocycles. The summed E-state index contributed by atoms with van der Waals surface area (Å²) in [5.74, 6) is -0.245. The first-order valence-electron chi connectivity index (χ1n) is 3.13. The van der Waals surface area contributed by atoms with E-state index in [9.17, 15) is 4.79 Å². The van der Waals surface area contributed by atoms with Gasteiger partial charge >= 0.3 is 0 Å². The number of aromatic nitrogens is 1. The highest BCUT2D eigenvalue weighted by molar-refractivity contribution is 5.73. The van der Waals surface area contributed by atoms with E-state index in [2.05, 4.69) is 10.7 Å². The van der Waals surface area contributed by atoms with Crippen molar-refractivity contribution in [1.29, 1.82) is 0 Å². The summed E-state index contributed by atoms with van der Waals surface area (Å²) < 4.78 is 0. The molecule has 1 aromatic heterocycles. The van der Waals surface area contributed by atoms with Crippen LogP contribution >= 0.6 is 0 Å². The Morgan fingerprint density at radius 2 is 1.90 bits per heavy atom. The van der Waals surface area contributed by atoms with Crippen molar-refractivity contribution in [2.24, 2.45) is 5.73 Å². The zero-order chi connectivity index (χ0) is 7.82. The number of carbonyl (C=O) groups is 1.